The van der Waals surface area contributed by atoms with E-state index in [0.29, 0.717) is 12.1 Å². The predicted octanol–water partition coefficient (Wildman–Crippen LogP) is 0.395. The summed E-state index contributed by atoms with van der Waals surface area (Å²) in [5, 5.41) is 12.6. The van der Waals surface area contributed by atoms with E-state index in [1.54, 1.807) is 0 Å². The van der Waals surface area contributed by atoms with E-state index in [0.717, 1.165) is 32.2 Å². The van der Waals surface area contributed by atoms with Crippen LogP contribution in [0.2, 0.25) is 0 Å². The van der Waals surface area contributed by atoms with Crippen LogP contribution in [0.5, 0.6) is 5.75 Å². The van der Waals surface area contributed by atoms with E-state index in [-0.39, 0.29) is 18.2 Å². The average molecular weight is 281 g/mol. The van der Waals surface area contributed by atoms with E-state index < -0.39 is 5.82 Å². The van der Waals surface area contributed by atoms with Crippen LogP contribution >= 0.6 is 0 Å². The highest BCUT2D eigenvalue weighted by molar-refractivity contribution is 5.78. The number of nitrogens with zero attached hydrogens (tertiary/aromatic N) is 2. The van der Waals surface area contributed by atoms with Gasteiger partial charge in [-0.3, -0.25) is 9.69 Å². The maximum atomic E-state index is 13.2. The molecular formula is C14H20FN3O2. The summed E-state index contributed by atoms with van der Waals surface area (Å²) < 4.78 is 13.2. The molecule has 1 amide bonds. The Labute approximate surface area is 118 Å². The van der Waals surface area contributed by atoms with Crippen LogP contribution < -0.4 is 5.32 Å². The molecule has 1 aromatic rings. The highest BCUT2D eigenvalue weighted by Gasteiger charge is 2.17. The van der Waals surface area contributed by atoms with Gasteiger partial charge in [-0.2, -0.15) is 0 Å². The van der Waals surface area contributed by atoms with Crippen LogP contribution in [0.25, 0.3) is 0 Å². The molecule has 5 nitrogen and oxygen atoms in total. The molecule has 2 N–H and O–H groups in total. The van der Waals surface area contributed by atoms with Gasteiger partial charge < -0.3 is 15.3 Å². The number of carbonyl (C=O) groups excluding carboxylic acids is 1. The molecule has 0 atom stereocenters. The minimum atomic E-state index is -0.471. The molecule has 6 heteroatoms. The van der Waals surface area contributed by atoms with Crippen LogP contribution in [0, 0.1) is 5.82 Å². The number of nitrogens with one attached hydrogen (secondary N) is 1. The second kappa shape index (κ2) is 6.67. The molecule has 0 bridgehead atoms. The number of aromatic hydroxyl groups is 1. The molecule has 1 fully saturated rings. The number of rotatable bonds is 4. The zero-order valence-corrected chi connectivity index (χ0v) is 11.6. The molecule has 0 aliphatic carbocycles. The lowest BCUT2D eigenvalue weighted by molar-refractivity contribution is -0.132. The first-order valence-corrected chi connectivity index (χ1v) is 6.70. The van der Waals surface area contributed by atoms with Crippen molar-refractivity contribution in [1.82, 2.24) is 15.1 Å². The monoisotopic (exact) mass is 281 g/mol. The molecule has 110 valence electrons. The van der Waals surface area contributed by atoms with E-state index in [9.17, 15) is 14.3 Å². The van der Waals surface area contributed by atoms with Crippen molar-refractivity contribution in [1.29, 1.82) is 0 Å². The van der Waals surface area contributed by atoms with Crippen LogP contribution in [0.3, 0.4) is 0 Å². The number of amides is 1. The topological polar surface area (TPSA) is 55.8 Å². The number of phenols is 1. The quantitative estimate of drug-likeness (QED) is 0.838. The van der Waals surface area contributed by atoms with Gasteiger partial charge in [-0.1, -0.05) is 0 Å². The zero-order valence-electron chi connectivity index (χ0n) is 11.6. The molecule has 0 radical (unpaired) electrons. The number of piperazine rings is 1. The van der Waals surface area contributed by atoms with E-state index in [1.807, 2.05) is 16.8 Å². The highest BCUT2D eigenvalue weighted by Crippen LogP contribution is 2.15. The molecule has 1 aliphatic heterocycles. The molecule has 0 unspecified atom stereocenters. The maximum Gasteiger partial charge on any atom is 0.236 e. The number of hydrogen-bond acceptors (Lipinski definition) is 4. The molecule has 1 aromatic carbocycles. The molecule has 2 rings (SSSR count). The highest BCUT2D eigenvalue weighted by atomic mass is 19.1. The fraction of sp³-hybridized carbons (Fsp3) is 0.500. The second-order valence-corrected chi connectivity index (χ2v) is 5.12. The van der Waals surface area contributed by atoms with Gasteiger partial charge in [0.15, 0.2) is 0 Å². The normalized spacial score (nSPS) is 15.7. The lowest BCUT2D eigenvalue weighted by atomic mass is 10.2. The minimum absolute atomic E-state index is 0.0784. The van der Waals surface area contributed by atoms with Gasteiger partial charge in [0.05, 0.1) is 6.54 Å². The minimum Gasteiger partial charge on any atom is -0.508 e. The number of likely N-dealkylation sites (N-methyl/N-ethyl adjacent to an activating group) is 1. The van der Waals surface area contributed by atoms with E-state index >= 15 is 0 Å². The van der Waals surface area contributed by atoms with Gasteiger partial charge in [-0.05, 0) is 24.7 Å². The molecule has 0 aromatic heterocycles. The summed E-state index contributed by atoms with van der Waals surface area (Å²) in [5.41, 5.74) is 0.651. The standard InChI is InChI=1S/C14H20FN3O2/c1-17(9-11-6-12(15)8-13(19)7-11)10-14(20)18-4-2-16-3-5-18/h6-8,16,19H,2-5,9-10H2,1H3. The zero-order chi connectivity index (χ0) is 14.5. The second-order valence-electron chi connectivity index (χ2n) is 5.12. The van der Waals surface area contributed by atoms with Gasteiger partial charge in [-0.15, -0.1) is 0 Å². The number of phenolic OH excluding ortho intramolecular Hbond substituents is 1. The van der Waals surface area contributed by atoms with Crippen LogP contribution in [0.15, 0.2) is 18.2 Å². The van der Waals surface area contributed by atoms with Gasteiger partial charge in [0, 0.05) is 38.8 Å². The van der Waals surface area contributed by atoms with Crippen molar-refractivity contribution in [3.05, 3.63) is 29.6 Å². The molecule has 20 heavy (non-hydrogen) atoms. The Morgan fingerprint density at radius 2 is 2.10 bits per heavy atom. The smallest absolute Gasteiger partial charge is 0.236 e. The van der Waals surface area contributed by atoms with E-state index in [2.05, 4.69) is 5.32 Å². The van der Waals surface area contributed by atoms with Crippen molar-refractivity contribution in [2.24, 2.45) is 0 Å². The van der Waals surface area contributed by atoms with Crippen LogP contribution in [0.4, 0.5) is 4.39 Å². The Kier molecular flexibility index (Phi) is 4.92. The Hall–Kier alpha value is -1.66. The van der Waals surface area contributed by atoms with Crippen molar-refractivity contribution < 1.29 is 14.3 Å². The van der Waals surface area contributed by atoms with Crippen molar-refractivity contribution in [2.45, 2.75) is 6.54 Å². The van der Waals surface area contributed by atoms with Gasteiger partial charge >= 0.3 is 0 Å². The fourth-order valence-corrected chi connectivity index (χ4v) is 2.34. The summed E-state index contributed by atoms with van der Waals surface area (Å²) >= 11 is 0. The van der Waals surface area contributed by atoms with Crippen molar-refractivity contribution in [2.75, 3.05) is 39.8 Å². The predicted molar refractivity (Wildman–Crippen MR) is 73.8 cm³/mol. The maximum absolute atomic E-state index is 13.2. The Balaban J connectivity index is 1.88. The summed E-state index contributed by atoms with van der Waals surface area (Å²) in [6.45, 7) is 3.82. The first-order chi connectivity index (χ1) is 9.54. The van der Waals surface area contributed by atoms with Crippen LogP contribution in [-0.4, -0.2) is 60.6 Å². The number of benzene rings is 1. The Morgan fingerprint density at radius 3 is 2.75 bits per heavy atom. The van der Waals surface area contributed by atoms with E-state index in [4.69, 9.17) is 0 Å². The third-order valence-corrected chi connectivity index (χ3v) is 3.27. The number of halogens is 1. The Morgan fingerprint density at radius 1 is 1.40 bits per heavy atom. The van der Waals surface area contributed by atoms with Gasteiger partial charge in [0.1, 0.15) is 11.6 Å². The third-order valence-electron chi connectivity index (χ3n) is 3.27. The fourth-order valence-electron chi connectivity index (χ4n) is 2.34. The first-order valence-electron chi connectivity index (χ1n) is 6.70. The SMILES string of the molecule is CN(CC(=O)N1CCNCC1)Cc1cc(O)cc(F)c1. The lowest BCUT2D eigenvalue weighted by Crippen LogP contribution is -2.49. The summed E-state index contributed by atoms with van der Waals surface area (Å²) in [6, 6.07) is 3.94. The molecule has 1 saturated heterocycles. The molecule has 0 spiro atoms. The van der Waals surface area contributed by atoms with Crippen LogP contribution in [0.1, 0.15) is 5.56 Å². The lowest BCUT2D eigenvalue weighted by Gasteiger charge is -2.29. The number of carbonyl (C=O) groups is 1. The van der Waals surface area contributed by atoms with E-state index in [1.165, 1.54) is 12.1 Å². The van der Waals surface area contributed by atoms with Crippen molar-refractivity contribution in [3.8, 4) is 5.75 Å². The molecule has 1 heterocycles. The first kappa shape index (κ1) is 14.7. The summed E-state index contributed by atoms with van der Waals surface area (Å²) in [5.74, 6) is -0.488. The number of hydrogen-bond donors (Lipinski definition) is 2. The largest absolute Gasteiger partial charge is 0.508 e. The van der Waals surface area contributed by atoms with Gasteiger partial charge in [0.25, 0.3) is 0 Å². The third kappa shape index (κ3) is 4.18. The van der Waals surface area contributed by atoms with Crippen molar-refractivity contribution in [3.63, 3.8) is 0 Å². The van der Waals surface area contributed by atoms with Crippen LogP contribution in [-0.2, 0) is 11.3 Å². The molecule has 1 aliphatic rings. The summed E-state index contributed by atoms with van der Waals surface area (Å²) in [4.78, 5) is 15.7. The average Bonchev–Trinajstić information content (AvgIpc) is 2.38. The molecule has 0 saturated carbocycles. The summed E-state index contributed by atoms with van der Waals surface area (Å²) in [6.07, 6.45) is 0. The molecular weight excluding hydrogens is 261 g/mol. The van der Waals surface area contributed by atoms with Gasteiger partial charge in [0.2, 0.25) is 5.91 Å². The summed E-state index contributed by atoms with van der Waals surface area (Å²) in [7, 11) is 1.81. The van der Waals surface area contributed by atoms with Gasteiger partial charge in [-0.25, -0.2) is 4.39 Å². The van der Waals surface area contributed by atoms with Crippen molar-refractivity contribution >= 4 is 5.91 Å². The Bertz CT molecular complexity index is 455.